The molecule has 0 bridgehead atoms. The number of fused-ring (bicyclic) bond motifs is 1. The van der Waals surface area contributed by atoms with Gasteiger partial charge in [0.2, 0.25) is 0 Å². The van der Waals surface area contributed by atoms with Gasteiger partial charge < -0.3 is 15.5 Å². The van der Waals surface area contributed by atoms with E-state index in [0.29, 0.717) is 12.1 Å². The minimum Gasteiger partial charge on any atom is -0.355 e. The van der Waals surface area contributed by atoms with Crippen LogP contribution in [0.5, 0.6) is 0 Å². The average Bonchev–Trinajstić information content (AvgIpc) is 3.06. The first-order valence-electron chi connectivity index (χ1n) is 8.10. The van der Waals surface area contributed by atoms with Crippen molar-refractivity contribution in [1.29, 1.82) is 0 Å². The Labute approximate surface area is 165 Å². The lowest BCUT2D eigenvalue weighted by atomic mass is 10.1. The summed E-state index contributed by atoms with van der Waals surface area (Å²) in [6.07, 6.45) is 1.04. The second-order valence-corrected chi connectivity index (χ2v) is 5.71. The molecule has 0 unspecified atom stereocenters. The van der Waals surface area contributed by atoms with E-state index in [1.807, 2.05) is 24.3 Å². The van der Waals surface area contributed by atoms with E-state index in [4.69, 9.17) is 0 Å². The molecule has 6 heteroatoms. The first-order chi connectivity index (χ1) is 11.7. The molecule has 2 N–H and O–H groups in total. The van der Waals surface area contributed by atoms with Gasteiger partial charge in [0.15, 0.2) is 5.96 Å². The summed E-state index contributed by atoms with van der Waals surface area (Å²) < 4.78 is 0. The molecule has 1 aliphatic rings. The maximum absolute atomic E-state index is 11.6. The Bertz CT molecular complexity index is 758. The zero-order valence-corrected chi connectivity index (χ0v) is 16.8. The average molecular weight is 450 g/mol. The van der Waals surface area contributed by atoms with Crippen molar-refractivity contribution in [2.75, 3.05) is 25.5 Å². The summed E-state index contributed by atoms with van der Waals surface area (Å²) >= 11 is 0. The lowest BCUT2D eigenvalue weighted by molar-refractivity contribution is 0.0963. The number of para-hydroxylation sites is 1. The summed E-state index contributed by atoms with van der Waals surface area (Å²) in [5, 5.41) is 6.03. The summed E-state index contributed by atoms with van der Waals surface area (Å²) in [6, 6.07) is 16.0. The highest BCUT2D eigenvalue weighted by Crippen LogP contribution is 2.27. The second-order valence-electron chi connectivity index (χ2n) is 5.71. The van der Waals surface area contributed by atoms with Gasteiger partial charge in [-0.25, -0.2) is 0 Å². The highest BCUT2D eigenvalue weighted by molar-refractivity contribution is 14.0. The number of hydrogen-bond donors (Lipinski definition) is 2. The maximum Gasteiger partial charge on any atom is 0.251 e. The Morgan fingerprint density at radius 2 is 1.88 bits per heavy atom. The second kappa shape index (κ2) is 8.84. The van der Waals surface area contributed by atoms with Crippen molar-refractivity contribution in [1.82, 2.24) is 10.6 Å². The molecule has 25 heavy (non-hydrogen) atoms. The minimum absolute atomic E-state index is 0. The number of aliphatic imine (C=N–C) groups is 1. The molecule has 1 amide bonds. The van der Waals surface area contributed by atoms with E-state index >= 15 is 0 Å². The normalized spacial score (nSPS) is 13.0. The van der Waals surface area contributed by atoms with Crippen LogP contribution in [-0.4, -0.2) is 32.5 Å². The fourth-order valence-electron chi connectivity index (χ4n) is 2.95. The van der Waals surface area contributed by atoms with Crippen LogP contribution in [0.4, 0.5) is 5.69 Å². The van der Waals surface area contributed by atoms with Crippen LogP contribution in [0.25, 0.3) is 0 Å². The molecule has 1 heterocycles. The lowest BCUT2D eigenvalue weighted by Crippen LogP contribution is -2.40. The largest absolute Gasteiger partial charge is 0.355 e. The Hall–Kier alpha value is -2.09. The van der Waals surface area contributed by atoms with Crippen LogP contribution in [0.2, 0.25) is 0 Å². The van der Waals surface area contributed by atoms with Gasteiger partial charge in [0.05, 0.1) is 0 Å². The molecular weight excluding hydrogens is 427 g/mol. The summed E-state index contributed by atoms with van der Waals surface area (Å²) in [5.41, 5.74) is 4.35. The van der Waals surface area contributed by atoms with Gasteiger partial charge in [-0.3, -0.25) is 9.79 Å². The van der Waals surface area contributed by atoms with E-state index in [9.17, 15) is 4.79 Å². The Morgan fingerprint density at radius 3 is 2.56 bits per heavy atom. The zero-order chi connectivity index (χ0) is 16.9. The van der Waals surface area contributed by atoms with E-state index in [-0.39, 0.29) is 29.9 Å². The summed E-state index contributed by atoms with van der Waals surface area (Å²) in [4.78, 5) is 18.2. The maximum atomic E-state index is 11.6. The number of carbonyl (C=O) groups is 1. The minimum atomic E-state index is -0.0704. The van der Waals surface area contributed by atoms with Gasteiger partial charge in [-0.1, -0.05) is 30.3 Å². The van der Waals surface area contributed by atoms with Crippen LogP contribution < -0.4 is 15.5 Å². The number of nitrogens with zero attached hydrogens (tertiary/aromatic N) is 2. The van der Waals surface area contributed by atoms with Gasteiger partial charge in [-0.15, -0.1) is 24.0 Å². The third-order valence-corrected chi connectivity index (χ3v) is 4.25. The van der Waals surface area contributed by atoms with Crippen LogP contribution in [-0.2, 0) is 13.0 Å². The molecule has 0 aromatic heterocycles. The number of hydrogen-bond acceptors (Lipinski definition) is 2. The summed E-state index contributed by atoms with van der Waals surface area (Å²) in [6.45, 7) is 1.61. The van der Waals surface area contributed by atoms with Crippen molar-refractivity contribution in [2.45, 2.75) is 13.0 Å². The molecule has 5 nitrogen and oxygen atoms in total. The standard InChI is InChI=1S/C19H22N4O.HI/c1-20-18(24)16-9-7-14(8-10-16)13-22-19(21-2)23-12-11-15-5-3-4-6-17(15)23;/h3-10H,11-13H2,1-2H3,(H,20,24)(H,21,22);1H. The van der Waals surface area contributed by atoms with Crippen molar-refractivity contribution in [2.24, 2.45) is 4.99 Å². The third kappa shape index (κ3) is 4.31. The topological polar surface area (TPSA) is 56.7 Å². The Balaban J connectivity index is 0.00000225. The molecule has 2 aromatic carbocycles. The predicted molar refractivity (Wildman–Crippen MR) is 113 cm³/mol. The third-order valence-electron chi connectivity index (χ3n) is 4.25. The number of halogens is 1. The van der Waals surface area contributed by atoms with Gasteiger partial charge in [0.25, 0.3) is 5.91 Å². The molecule has 0 aliphatic carbocycles. The number of anilines is 1. The molecule has 2 aromatic rings. The lowest BCUT2D eigenvalue weighted by Gasteiger charge is -2.22. The number of amides is 1. The molecule has 0 fully saturated rings. The molecule has 0 spiro atoms. The number of nitrogens with one attached hydrogen (secondary N) is 2. The molecular formula is C19H23IN4O. The van der Waals surface area contributed by atoms with Crippen LogP contribution in [0.1, 0.15) is 21.5 Å². The van der Waals surface area contributed by atoms with Crippen LogP contribution in [0, 0.1) is 0 Å². The zero-order valence-electron chi connectivity index (χ0n) is 14.5. The highest BCUT2D eigenvalue weighted by Gasteiger charge is 2.22. The predicted octanol–water partition coefficient (Wildman–Crippen LogP) is 2.80. The Kier molecular flexibility index (Phi) is 6.81. The van der Waals surface area contributed by atoms with E-state index in [2.05, 4.69) is 44.8 Å². The first kappa shape index (κ1) is 19.2. The fraction of sp³-hybridized carbons (Fsp3) is 0.263. The van der Waals surface area contributed by atoms with Crippen molar-refractivity contribution in [3.05, 3.63) is 65.2 Å². The molecule has 0 atom stereocenters. The van der Waals surface area contributed by atoms with Gasteiger partial charge in [-0.05, 0) is 35.7 Å². The highest BCUT2D eigenvalue weighted by atomic mass is 127. The molecule has 132 valence electrons. The summed E-state index contributed by atoms with van der Waals surface area (Å²) in [7, 11) is 3.44. The monoisotopic (exact) mass is 450 g/mol. The van der Waals surface area contributed by atoms with E-state index < -0.39 is 0 Å². The van der Waals surface area contributed by atoms with Crippen molar-refractivity contribution < 1.29 is 4.79 Å². The smallest absolute Gasteiger partial charge is 0.251 e. The van der Waals surface area contributed by atoms with Crippen LogP contribution in [0.15, 0.2) is 53.5 Å². The number of rotatable bonds is 3. The van der Waals surface area contributed by atoms with Gasteiger partial charge in [0, 0.05) is 38.4 Å². The van der Waals surface area contributed by atoms with Gasteiger partial charge in [-0.2, -0.15) is 0 Å². The van der Waals surface area contributed by atoms with Crippen molar-refractivity contribution in [3.8, 4) is 0 Å². The van der Waals surface area contributed by atoms with E-state index in [1.165, 1.54) is 11.3 Å². The SMILES string of the molecule is CN=C(NCc1ccc(C(=O)NC)cc1)N1CCc2ccccc21.I. The van der Waals surface area contributed by atoms with E-state index in [1.54, 1.807) is 14.1 Å². The molecule has 1 aliphatic heterocycles. The molecule has 0 saturated heterocycles. The number of guanidine groups is 1. The molecule has 0 saturated carbocycles. The molecule has 0 radical (unpaired) electrons. The first-order valence-corrected chi connectivity index (χ1v) is 8.10. The van der Waals surface area contributed by atoms with Crippen molar-refractivity contribution in [3.63, 3.8) is 0 Å². The quantitative estimate of drug-likeness (QED) is 0.430. The van der Waals surface area contributed by atoms with Crippen LogP contribution >= 0.6 is 24.0 Å². The van der Waals surface area contributed by atoms with Gasteiger partial charge >= 0.3 is 0 Å². The Morgan fingerprint density at radius 1 is 1.16 bits per heavy atom. The number of benzene rings is 2. The fourth-order valence-corrected chi connectivity index (χ4v) is 2.95. The summed E-state index contributed by atoms with van der Waals surface area (Å²) in [5.74, 6) is 0.800. The number of carbonyl (C=O) groups excluding carboxylic acids is 1. The molecule has 3 rings (SSSR count). The van der Waals surface area contributed by atoms with Crippen molar-refractivity contribution >= 4 is 41.5 Å². The van der Waals surface area contributed by atoms with Crippen LogP contribution in [0.3, 0.4) is 0 Å². The van der Waals surface area contributed by atoms with E-state index in [0.717, 1.165) is 24.5 Å². The van der Waals surface area contributed by atoms with Gasteiger partial charge in [0.1, 0.15) is 0 Å².